The van der Waals surface area contributed by atoms with Crippen LogP contribution in [0.1, 0.15) is 13.8 Å². The molecule has 0 heterocycles. The molecular weight excluding hydrogens is 276 g/mol. The van der Waals surface area contributed by atoms with Gasteiger partial charge in [-0.3, -0.25) is 4.79 Å². The van der Waals surface area contributed by atoms with E-state index in [0.29, 0.717) is 4.48 Å². The molecule has 1 unspecified atom stereocenters. The minimum absolute atomic E-state index is 0.0903. The van der Waals surface area contributed by atoms with Crippen LogP contribution in [0, 0.1) is 5.41 Å². The highest BCUT2D eigenvalue weighted by molar-refractivity contribution is 9.12. The molecule has 1 aliphatic rings. The van der Waals surface area contributed by atoms with E-state index in [1.165, 1.54) is 0 Å². The van der Waals surface area contributed by atoms with Gasteiger partial charge in [0, 0.05) is 5.41 Å². The average Bonchev–Trinajstić information content (AvgIpc) is 2.06. The fraction of sp³-hybridized carbons (Fsp3) is 0.571. The molecule has 0 bridgehead atoms. The monoisotopic (exact) mass is 282 g/mol. The maximum absolute atomic E-state index is 11.2. The van der Waals surface area contributed by atoms with Crippen LogP contribution in [0.2, 0.25) is 0 Å². The zero-order valence-electron chi connectivity index (χ0n) is 6.19. The zero-order valence-corrected chi connectivity index (χ0v) is 9.36. The van der Waals surface area contributed by atoms with E-state index in [9.17, 15) is 9.90 Å². The summed E-state index contributed by atoms with van der Waals surface area (Å²) in [5.41, 5.74) is -0.490. The molecule has 1 aliphatic carbocycles. The minimum atomic E-state index is -0.490. The summed E-state index contributed by atoms with van der Waals surface area (Å²) in [7, 11) is 0. The molecule has 0 aromatic carbocycles. The summed E-state index contributed by atoms with van der Waals surface area (Å²) in [5.74, 6) is 0.0388. The van der Waals surface area contributed by atoms with Crippen LogP contribution in [0.5, 0.6) is 0 Å². The van der Waals surface area contributed by atoms with Gasteiger partial charge in [-0.1, -0.05) is 29.8 Å². The predicted molar refractivity (Wildman–Crippen MR) is 50.1 cm³/mol. The van der Waals surface area contributed by atoms with E-state index >= 15 is 0 Å². The van der Waals surface area contributed by atoms with Crippen molar-refractivity contribution < 1.29 is 9.90 Å². The summed E-state index contributed by atoms with van der Waals surface area (Å²) >= 11 is 6.26. The van der Waals surface area contributed by atoms with E-state index in [2.05, 4.69) is 31.9 Å². The molecule has 62 valence electrons. The van der Waals surface area contributed by atoms with Crippen LogP contribution < -0.4 is 0 Å². The van der Waals surface area contributed by atoms with Gasteiger partial charge in [0.2, 0.25) is 0 Å². The highest BCUT2D eigenvalue weighted by Gasteiger charge is 2.46. The van der Waals surface area contributed by atoms with Crippen LogP contribution in [0.3, 0.4) is 0 Å². The first-order valence-electron chi connectivity index (χ1n) is 3.16. The van der Waals surface area contributed by atoms with Crippen LogP contribution >= 0.6 is 31.9 Å². The Balaban J connectivity index is 3.16. The van der Waals surface area contributed by atoms with Crippen LogP contribution in [-0.4, -0.2) is 15.7 Å². The van der Waals surface area contributed by atoms with Gasteiger partial charge >= 0.3 is 0 Å². The molecule has 0 fully saturated rings. The maximum atomic E-state index is 11.2. The molecule has 0 radical (unpaired) electrons. The second kappa shape index (κ2) is 2.59. The summed E-state index contributed by atoms with van der Waals surface area (Å²) in [5, 5.41) is 9.45. The topological polar surface area (TPSA) is 37.3 Å². The number of ketones is 1. The summed E-state index contributed by atoms with van der Waals surface area (Å²) in [4.78, 5) is 10.9. The largest absolute Gasteiger partial charge is 0.510 e. The van der Waals surface area contributed by atoms with E-state index in [1.54, 1.807) is 0 Å². The highest BCUT2D eigenvalue weighted by Crippen LogP contribution is 2.44. The predicted octanol–water partition coefficient (Wildman–Crippen LogP) is 2.52. The van der Waals surface area contributed by atoms with Gasteiger partial charge in [-0.25, -0.2) is 0 Å². The second-order valence-corrected chi connectivity index (χ2v) is 4.82. The highest BCUT2D eigenvalue weighted by atomic mass is 79.9. The normalized spacial score (nSPS) is 29.8. The lowest BCUT2D eigenvalue weighted by Crippen LogP contribution is -2.25. The van der Waals surface area contributed by atoms with Crippen LogP contribution in [-0.2, 0) is 4.79 Å². The van der Waals surface area contributed by atoms with E-state index in [4.69, 9.17) is 0 Å². The lowest BCUT2D eigenvalue weighted by Gasteiger charge is -2.20. The number of aliphatic hydroxyl groups is 1. The third kappa shape index (κ3) is 1.16. The number of rotatable bonds is 0. The van der Waals surface area contributed by atoms with Gasteiger partial charge in [-0.15, -0.1) is 0 Å². The van der Waals surface area contributed by atoms with Crippen molar-refractivity contribution in [2.24, 2.45) is 5.41 Å². The zero-order chi connectivity index (χ0) is 8.81. The van der Waals surface area contributed by atoms with Crippen molar-refractivity contribution in [2.75, 3.05) is 0 Å². The minimum Gasteiger partial charge on any atom is -0.510 e. The Hall–Kier alpha value is 0.170. The third-order valence-corrected chi connectivity index (χ3v) is 4.23. The molecule has 0 saturated carbocycles. The summed E-state index contributed by atoms with van der Waals surface area (Å²) < 4.78 is 0.296. The van der Waals surface area contributed by atoms with E-state index in [-0.39, 0.29) is 16.4 Å². The lowest BCUT2D eigenvalue weighted by atomic mass is 9.91. The van der Waals surface area contributed by atoms with E-state index in [1.807, 2.05) is 13.8 Å². The quantitative estimate of drug-likeness (QED) is 0.694. The molecule has 2 nitrogen and oxygen atoms in total. The fourth-order valence-electron chi connectivity index (χ4n) is 0.959. The number of aliphatic hydroxyl groups excluding tert-OH is 1. The first-order valence-corrected chi connectivity index (χ1v) is 4.87. The molecule has 4 heteroatoms. The van der Waals surface area contributed by atoms with Gasteiger partial charge in [0.05, 0.1) is 9.31 Å². The van der Waals surface area contributed by atoms with Crippen LogP contribution in [0.15, 0.2) is 10.2 Å². The fourth-order valence-corrected chi connectivity index (χ4v) is 2.45. The molecular formula is C7H8Br2O2. The Bertz CT molecular complexity index is 243. The summed E-state index contributed by atoms with van der Waals surface area (Å²) in [6.07, 6.45) is 0. The standard InChI is InChI=1S/C7H8Br2O2/c1-7(2)5(9)4(10)3(8)6(7)11/h5,11H,1-2H3. The van der Waals surface area contributed by atoms with Crippen molar-refractivity contribution in [2.45, 2.75) is 18.7 Å². The molecule has 1 atom stereocenters. The van der Waals surface area contributed by atoms with Gasteiger partial charge in [-0.2, -0.15) is 0 Å². The molecule has 11 heavy (non-hydrogen) atoms. The number of carbonyl (C=O) groups is 1. The number of allylic oxidation sites excluding steroid dienone is 2. The Morgan fingerprint density at radius 3 is 2.09 bits per heavy atom. The number of alkyl halides is 1. The van der Waals surface area contributed by atoms with Crippen molar-refractivity contribution >= 4 is 37.6 Å². The summed E-state index contributed by atoms with van der Waals surface area (Å²) in [6, 6.07) is 0. The molecule has 0 aliphatic heterocycles. The van der Waals surface area contributed by atoms with E-state index < -0.39 is 5.41 Å². The number of hydrogen-bond acceptors (Lipinski definition) is 2. The first-order chi connectivity index (χ1) is 4.89. The Morgan fingerprint density at radius 1 is 1.55 bits per heavy atom. The Morgan fingerprint density at radius 2 is 2.00 bits per heavy atom. The smallest absolute Gasteiger partial charge is 0.187 e. The molecule has 0 aromatic heterocycles. The third-order valence-electron chi connectivity index (χ3n) is 1.90. The Kier molecular flexibility index (Phi) is 2.18. The van der Waals surface area contributed by atoms with Crippen molar-refractivity contribution in [3.05, 3.63) is 10.2 Å². The van der Waals surface area contributed by atoms with Gasteiger partial charge in [0.15, 0.2) is 5.78 Å². The molecule has 1 rings (SSSR count). The van der Waals surface area contributed by atoms with E-state index in [0.717, 1.165) is 0 Å². The Labute approximate surface area is 81.9 Å². The number of halogens is 2. The molecule has 0 saturated heterocycles. The van der Waals surface area contributed by atoms with Crippen LogP contribution in [0.4, 0.5) is 0 Å². The van der Waals surface area contributed by atoms with Gasteiger partial charge in [0.25, 0.3) is 0 Å². The SMILES string of the molecule is CC1(C)C(O)=C(Br)C(=O)C1Br. The van der Waals surface area contributed by atoms with Crippen molar-refractivity contribution in [1.82, 2.24) is 0 Å². The molecule has 0 amide bonds. The van der Waals surface area contributed by atoms with Gasteiger partial charge < -0.3 is 5.11 Å². The average molecular weight is 284 g/mol. The molecule has 0 spiro atoms. The van der Waals surface area contributed by atoms with Crippen LogP contribution in [0.25, 0.3) is 0 Å². The first kappa shape index (κ1) is 9.26. The maximum Gasteiger partial charge on any atom is 0.187 e. The summed E-state index contributed by atoms with van der Waals surface area (Å²) in [6.45, 7) is 3.63. The molecule has 0 aromatic rings. The lowest BCUT2D eigenvalue weighted by molar-refractivity contribution is -0.114. The number of carbonyl (C=O) groups excluding carboxylic acids is 1. The number of hydrogen-bond donors (Lipinski definition) is 1. The second-order valence-electron chi connectivity index (χ2n) is 3.11. The van der Waals surface area contributed by atoms with Crippen molar-refractivity contribution in [3.8, 4) is 0 Å². The molecule has 1 N–H and O–H groups in total. The van der Waals surface area contributed by atoms with Crippen molar-refractivity contribution in [3.63, 3.8) is 0 Å². The van der Waals surface area contributed by atoms with Crippen molar-refractivity contribution in [1.29, 1.82) is 0 Å². The van der Waals surface area contributed by atoms with Gasteiger partial charge in [0.1, 0.15) is 5.76 Å². The number of Topliss-reactive ketones (excluding diaryl/α,β-unsaturated/α-hetero) is 1. The van der Waals surface area contributed by atoms with Gasteiger partial charge in [-0.05, 0) is 15.9 Å².